The van der Waals surface area contributed by atoms with Gasteiger partial charge in [0.2, 0.25) is 10.0 Å². The Labute approximate surface area is 113 Å². The van der Waals surface area contributed by atoms with Crippen molar-refractivity contribution >= 4 is 15.9 Å². The van der Waals surface area contributed by atoms with Gasteiger partial charge in [0.15, 0.2) is 0 Å². The summed E-state index contributed by atoms with van der Waals surface area (Å²) in [4.78, 5) is 11.2. The third-order valence-corrected chi connectivity index (χ3v) is 3.08. The van der Waals surface area contributed by atoms with Gasteiger partial charge in [-0.05, 0) is 19.9 Å². The van der Waals surface area contributed by atoms with Crippen LogP contribution in [-0.4, -0.2) is 31.1 Å². The fourth-order valence-electron chi connectivity index (χ4n) is 1.49. The maximum Gasteiger partial charge on any atom is 0.406 e. The number of hydrogen-bond acceptors (Lipinski definition) is 3. The van der Waals surface area contributed by atoms with Crippen LogP contribution in [0.5, 0.6) is 0 Å². The predicted octanol–water partition coefficient (Wildman–Crippen LogP) is 0.836. The van der Waals surface area contributed by atoms with Crippen molar-refractivity contribution in [2.24, 2.45) is 5.14 Å². The standard InChI is InChI=1S/C10H14F3N3O3S/c1-6(2)15-9(17)8-3-7(20(14,18)19)4-16(8)5-10(11,12)13/h3-4,6H,5H2,1-2H3,(H,15,17)(H2,14,18,19). The van der Waals surface area contributed by atoms with Crippen molar-refractivity contribution in [2.45, 2.75) is 37.5 Å². The Balaban J connectivity index is 3.26. The molecule has 0 aliphatic carbocycles. The third kappa shape index (κ3) is 4.53. The van der Waals surface area contributed by atoms with Gasteiger partial charge in [0.25, 0.3) is 5.91 Å². The molecular formula is C10H14F3N3O3S. The molecule has 0 fully saturated rings. The van der Waals surface area contributed by atoms with E-state index in [4.69, 9.17) is 5.14 Å². The van der Waals surface area contributed by atoms with Crippen molar-refractivity contribution in [1.29, 1.82) is 0 Å². The maximum absolute atomic E-state index is 12.4. The first kappa shape index (κ1) is 16.5. The summed E-state index contributed by atoms with van der Waals surface area (Å²) in [6.07, 6.45) is -3.90. The van der Waals surface area contributed by atoms with Gasteiger partial charge >= 0.3 is 6.18 Å². The Morgan fingerprint density at radius 1 is 1.45 bits per heavy atom. The van der Waals surface area contributed by atoms with Gasteiger partial charge in [-0.2, -0.15) is 13.2 Å². The van der Waals surface area contributed by atoms with Crippen LogP contribution in [0.15, 0.2) is 17.2 Å². The van der Waals surface area contributed by atoms with Gasteiger partial charge in [0, 0.05) is 12.2 Å². The normalized spacial score (nSPS) is 12.8. The summed E-state index contributed by atoms with van der Waals surface area (Å²) in [7, 11) is -4.19. The zero-order valence-corrected chi connectivity index (χ0v) is 11.5. The van der Waals surface area contributed by atoms with E-state index in [1.54, 1.807) is 13.8 Å². The van der Waals surface area contributed by atoms with Crippen LogP contribution in [0.3, 0.4) is 0 Å². The summed E-state index contributed by atoms with van der Waals surface area (Å²) in [5, 5.41) is 7.24. The summed E-state index contributed by atoms with van der Waals surface area (Å²) in [5.74, 6) is -0.806. The van der Waals surface area contributed by atoms with Crippen molar-refractivity contribution in [3.63, 3.8) is 0 Å². The largest absolute Gasteiger partial charge is 0.406 e. The van der Waals surface area contributed by atoms with Gasteiger partial charge in [-0.1, -0.05) is 0 Å². The second-order valence-electron chi connectivity index (χ2n) is 4.48. The molecule has 0 bridgehead atoms. The maximum atomic E-state index is 12.4. The lowest BCUT2D eigenvalue weighted by atomic mass is 10.3. The fraction of sp³-hybridized carbons (Fsp3) is 0.500. The Hall–Kier alpha value is -1.55. The van der Waals surface area contributed by atoms with Gasteiger partial charge in [-0.15, -0.1) is 0 Å². The van der Waals surface area contributed by atoms with Crippen LogP contribution < -0.4 is 10.5 Å². The molecule has 1 amide bonds. The van der Waals surface area contributed by atoms with Crippen molar-refractivity contribution in [1.82, 2.24) is 9.88 Å². The molecular weight excluding hydrogens is 299 g/mol. The van der Waals surface area contributed by atoms with Crippen LogP contribution in [0, 0.1) is 0 Å². The quantitative estimate of drug-likeness (QED) is 0.862. The first-order valence-electron chi connectivity index (χ1n) is 5.51. The Bertz CT molecular complexity index is 605. The van der Waals surface area contributed by atoms with Gasteiger partial charge in [0.05, 0.1) is 0 Å². The van der Waals surface area contributed by atoms with Gasteiger partial charge < -0.3 is 9.88 Å². The zero-order chi connectivity index (χ0) is 15.7. The molecule has 0 spiro atoms. The number of hydrogen-bond donors (Lipinski definition) is 2. The SMILES string of the molecule is CC(C)NC(=O)c1cc(S(N)(=O)=O)cn1CC(F)(F)F. The molecule has 114 valence electrons. The molecule has 1 heterocycles. The lowest BCUT2D eigenvalue weighted by Crippen LogP contribution is -2.32. The van der Waals surface area contributed by atoms with Gasteiger partial charge in [-0.3, -0.25) is 4.79 Å². The van der Waals surface area contributed by atoms with Crippen LogP contribution in [0.2, 0.25) is 0 Å². The lowest BCUT2D eigenvalue weighted by Gasteiger charge is -2.13. The second kappa shape index (κ2) is 5.44. The fourth-order valence-corrected chi connectivity index (χ4v) is 2.04. The molecule has 0 unspecified atom stereocenters. The van der Waals surface area contributed by atoms with Crippen molar-refractivity contribution < 1.29 is 26.4 Å². The van der Waals surface area contributed by atoms with E-state index >= 15 is 0 Å². The first-order chi connectivity index (χ1) is 8.90. The molecule has 0 aliphatic rings. The molecule has 6 nitrogen and oxygen atoms in total. The van der Waals surface area contributed by atoms with E-state index < -0.39 is 39.2 Å². The number of nitrogens with two attached hydrogens (primary N) is 1. The molecule has 10 heteroatoms. The highest BCUT2D eigenvalue weighted by atomic mass is 32.2. The average Bonchev–Trinajstić information content (AvgIpc) is 2.56. The van der Waals surface area contributed by atoms with E-state index in [1.807, 2.05) is 0 Å². The summed E-state index contributed by atoms with van der Waals surface area (Å²) in [6.45, 7) is 1.76. The van der Waals surface area contributed by atoms with Crippen LogP contribution in [0.4, 0.5) is 13.2 Å². The monoisotopic (exact) mass is 313 g/mol. The Morgan fingerprint density at radius 2 is 2.00 bits per heavy atom. The number of alkyl halides is 3. The molecule has 0 saturated heterocycles. The highest BCUT2D eigenvalue weighted by molar-refractivity contribution is 7.89. The predicted molar refractivity (Wildman–Crippen MR) is 64.5 cm³/mol. The topological polar surface area (TPSA) is 94.2 Å². The van der Waals surface area contributed by atoms with Crippen molar-refractivity contribution in [3.05, 3.63) is 18.0 Å². The van der Waals surface area contributed by atoms with Gasteiger partial charge in [0.1, 0.15) is 17.1 Å². The number of aromatic nitrogens is 1. The molecule has 20 heavy (non-hydrogen) atoms. The van der Waals surface area contributed by atoms with E-state index in [0.717, 1.165) is 6.07 Å². The zero-order valence-electron chi connectivity index (χ0n) is 10.7. The number of carbonyl (C=O) groups excluding carboxylic acids is 1. The highest BCUT2D eigenvalue weighted by Gasteiger charge is 2.31. The van der Waals surface area contributed by atoms with Crippen molar-refractivity contribution in [3.8, 4) is 0 Å². The Morgan fingerprint density at radius 3 is 2.40 bits per heavy atom. The number of carbonyl (C=O) groups is 1. The van der Waals surface area contributed by atoms with E-state index in [0.29, 0.717) is 10.8 Å². The van der Waals surface area contributed by atoms with E-state index in [2.05, 4.69) is 5.32 Å². The third-order valence-electron chi connectivity index (χ3n) is 2.20. The number of halogens is 3. The minimum absolute atomic E-state index is 0.310. The van der Waals surface area contributed by atoms with Crippen molar-refractivity contribution in [2.75, 3.05) is 0 Å². The van der Waals surface area contributed by atoms with E-state index in [1.165, 1.54) is 0 Å². The molecule has 3 N–H and O–H groups in total. The summed E-state index contributed by atoms with van der Waals surface area (Å²) in [5.41, 5.74) is -0.417. The van der Waals surface area contributed by atoms with E-state index in [9.17, 15) is 26.4 Å². The van der Waals surface area contributed by atoms with E-state index in [-0.39, 0.29) is 6.04 Å². The molecule has 0 aromatic carbocycles. The summed E-state index contributed by atoms with van der Waals surface area (Å²) >= 11 is 0. The molecule has 1 aromatic rings. The van der Waals surface area contributed by atoms with Crippen LogP contribution >= 0.6 is 0 Å². The molecule has 0 radical (unpaired) electrons. The summed E-state index contributed by atoms with van der Waals surface area (Å²) in [6, 6.07) is 0.508. The van der Waals surface area contributed by atoms with Crippen LogP contribution in [0.1, 0.15) is 24.3 Å². The Kier molecular flexibility index (Phi) is 4.49. The lowest BCUT2D eigenvalue weighted by molar-refractivity contribution is -0.140. The number of primary sulfonamides is 1. The van der Waals surface area contributed by atoms with Gasteiger partial charge in [-0.25, -0.2) is 13.6 Å². The number of nitrogens with zero attached hydrogens (tertiary/aromatic N) is 1. The molecule has 1 aromatic heterocycles. The second-order valence-corrected chi connectivity index (χ2v) is 6.04. The smallest absolute Gasteiger partial charge is 0.349 e. The summed E-state index contributed by atoms with van der Waals surface area (Å²) < 4.78 is 60.1. The molecule has 0 saturated carbocycles. The highest BCUT2D eigenvalue weighted by Crippen LogP contribution is 2.21. The molecule has 0 aliphatic heterocycles. The minimum Gasteiger partial charge on any atom is -0.349 e. The minimum atomic E-state index is -4.60. The number of amides is 1. The number of sulfonamides is 1. The first-order valence-corrected chi connectivity index (χ1v) is 7.05. The van der Waals surface area contributed by atoms with Crippen LogP contribution in [0.25, 0.3) is 0 Å². The number of rotatable bonds is 4. The molecule has 0 atom stereocenters. The van der Waals surface area contributed by atoms with Crippen LogP contribution in [-0.2, 0) is 16.6 Å². The average molecular weight is 313 g/mol. The number of nitrogens with one attached hydrogen (secondary N) is 1. The molecule has 1 rings (SSSR count).